The zero-order valence-corrected chi connectivity index (χ0v) is 13.8. The van der Waals surface area contributed by atoms with Crippen molar-refractivity contribution in [3.05, 3.63) is 58.4 Å². The van der Waals surface area contributed by atoms with E-state index in [1.165, 1.54) is 0 Å². The lowest BCUT2D eigenvalue weighted by molar-refractivity contribution is 0.0950. The van der Waals surface area contributed by atoms with Crippen molar-refractivity contribution in [3.8, 4) is 0 Å². The molecule has 1 heterocycles. The number of H-pyrrole nitrogens is 1. The van der Waals surface area contributed by atoms with Crippen LogP contribution in [0.3, 0.4) is 0 Å². The Morgan fingerprint density at radius 3 is 2.79 bits per heavy atom. The Bertz CT molecular complexity index is 814. The van der Waals surface area contributed by atoms with Crippen LogP contribution in [0.15, 0.2) is 42.6 Å². The molecule has 0 aliphatic heterocycles. The number of benzene rings is 1. The van der Waals surface area contributed by atoms with Gasteiger partial charge in [0.15, 0.2) is 0 Å². The van der Waals surface area contributed by atoms with E-state index < -0.39 is 0 Å². The third-order valence-corrected chi connectivity index (χ3v) is 3.95. The molecule has 0 radical (unpaired) electrons. The van der Waals surface area contributed by atoms with Crippen molar-refractivity contribution in [3.63, 3.8) is 0 Å². The van der Waals surface area contributed by atoms with Gasteiger partial charge in [0.2, 0.25) is 0 Å². The Hall–Kier alpha value is -2.67. The third kappa shape index (κ3) is 4.42. The van der Waals surface area contributed by atoms with Gasteiger partial charge in [0.25, 0.3) is 5.91 Å². The van der Waals surface area contributed by atoms with Crippen LogP contribution in [-0.2, 0) is 6.54 Å². The number of anilines is 1. The second-order valence-electron chi connectivity index (χ2n) is 5.67. The first-order chi connectivity index (χ1) is 11.6. The SMILES string of the molecule is O=C(Nc1cccc(CNC(=O)c2ccc[nH]c2=S)c1)NC1CC1. The number of aromatic amines is 1. The summed E-state index contributed by atoms with van der Waals surface area (Å²) in [5.74, 6) is -0.235. The van der Waals surface area contributed by atoms with Gasteiger partial charge in [-0.3, -0.25) is 4.79 Å². The Balaban J connectivity index is 1.58. The van der Waals surface area contributed by atoms with Crippen LogP contribution in [0.2, 0.25) is 0 Å². The van der Waals surface area contributed by atoms with Gasteiger partial charge in [0.1, 0.15) is 4.64 Å². The minimum absolute atomic E-state index is 0.200. The highest BCUT2D eigenvalue weighted by Crippen LogP contribution is 2.19. The number of urea groups is 1. The molecule has 24 heavy (non-hydrogen) atoms. The molecule has 1 aromatic carbocycles. The first kappa shape index (κ1) is 16.2. The minimum Gasteiger partial charge on any atom is -0.352 e. The number of nitrogens with one attached hydrogen (secondary N) is 4. The Morgan fingerprint density at radius 1 is 1.21 bits per heavy atom. The normalized spacial score (nSPS) is 13.2. The number of carbonyl (C=O) groups excluding carboxylic acids is 2. The molecule has 0 atom stereocenters. The molecule has 2 aromatic rings. The summed E-state index contributed by atoms with van der Waals surface area (Å²) in [5, 5.41) is 8.49. The number of carbonyl (C=O) groups is 2. The highest BCUT2D eigenvalue weighted by molar-refractivity contribution is 7.71. The monoisotopic (exact) mass is 342 g/mol. The fourth-order valence-corrected chi connectivity index (χ4v) is 2.45. The lowest BCUT2D eigenvalue weighted by Gasteiger charge is -2.09. The summed E-state index contributed by atoms with van der Waals surface area (Å²) in [6.45, 7) is 0.349. The van der Waals surface area contributed by atoms with Crippen molar-refractivity contribution in [2.24, 2.45) is 0 Å². The van der Waals surface area contributed by atoms with Crippen molar-refractivity contribution in [1.82, 2.24) is 15.6 Å². The second-order valence-corrected chi connectivity index (χ2v) is 6.08. The van der Waals surface area contributed by atoms with E-state index in [0.29, 0.717) is 28.5 Å². The predicted octanol–water partition coefficient (Wildman–Crippen LogP) is 2.96. The molecule has 0 spiro atoms. The molecule has 124 valence electrons. The lowest BCUT2D eigenvalue weighted by atomic mass is 10.2. The van der Waals surface area contributed by atoms with Crippen molar-refractivity contribution >= 4 is 29.8 Å². The summed E-state index contributed by atoms with van der Waals surface area (Å²) in [6.07, 6.45) is 3.77. The van der Waals surface area contributed by atoms with Crippen molar-refractivity contribution in [2.45, 2.75) is 25.4 Å². The molecule has 1 aromatic heterocycles. The molecule has 0 bridgehead atoms. The zero-order valence-electron chi connectivity index (χ0n) is 13.0. The standard InChI is InChI=1S/C17H18N4O2S/c22-15(14-5-2-8-18-16(14)24)19-10-11-3-1-4-13(9-11)21-17(23)20-12-6-7-12/h1-5,8-9,12H,6-7,10H2,(H,18,24)(H,19,22)(H2,20,21,23). The third-order valence-electron chi connectivity index (χ3n) is 3.61. The molecule has 1 aliphatic rings. The predicted molar refractivity (Wildman–Crippen MR) is 94.4 cm³/mol. The van der Waals surface area contributed by atoms with Crippen LogP contribution in [0.5, 0.6) is 0 Å². The van der Waals surface area contributed by atoms with E-state index in [4.69, 9.17) is 12.2 Å². The molecule has 1 fully saturated rings. The van der Waals surface area contributed by atoms with E-state index >= 15 is 0 Å². The Kier molecular flexibility index (Phi) is 4.90. The van der Waals surface area contributed by atoms with Crippen LogP contribution in [0, 0.1) is 4.64 Å². The van der Waals surface area contributed by atoms with Crippen LogP contribution in [0.1, 0.15) is 28.8 Å². The Labute approximate surface area is 144 Å². The van der Waals surface area contributed by atoms with Crippen molar-refractivity contribution < 1.29 is 9.59 Å². The van der Waals surface area contributed by atoms with Crippen molar-refractivity contribution in [1.29, 1.82) is 0 Å². The zero-order chi connectivity index (χ0) is 16.9. The van der Waals surface area contributed by atoms with Crippen molar-refractivity contribution in [2.75, 3.05) is 5.32 Å². The molecular formula is C17H18N4O2S. The molecule has 1 saturated carbocycles. The number of hydrogen-bond donors (Lipinski definition) is 4. The smallest absolute Gasteiger partial charge is 0.319 e. The summed E-state index contributed by atoms with van der Waals surface area (Å²) in [5.41, 5.74) is 2.01. The van der Waals surface area contributed by atoms with Gasteiger partial charge in [-0.15, -0.1) is 0 Å². The molecule has 4 N–H and O–H groups in total. The highest BCUT2D eigenvalue weighted by Gasteiger charge is 2.23. The summed E-state index contributed by atoms with van der Waals surface area (Å²) in [6, 6.07) is 10.9. The first-order valence-electron chi connectivity index (χ1n) is 7.74. The molecular weight excluding hydrogens is 324 g/mol. The summed E-state index contributed by atoms with van der Waals surface area (Å²) >= 11 is 5.10. The number of aromatic nitrogens is 1. The largest absolute Gasteiger partial charge is 0.352 e. The topological polar surface area (TPSA) is 86.0 Å². The molecule has 7 heteroatoms. The summed E-state index contributed by atoms with van der Waals surface area (Å²) in [7, 11) is 0. The number of amides is 3. The van der Waals surface area contributed by atoms with Crippen LogP contribution >= 0.6 is 12.2 Å². The van der Waals surface area contributed by atoms with E-state index in [2.05, 4.69) is 20.9 Å². The minimum atomic E-state index is -0.235. The van der Waals surface area contributed by atoms with Gasteiger partial charge in [0, 0.05) is 24.5 Å². The van der Waals surface area contributed by atoms with Gasteiger partial charge < -0.3 is 20.9 Å². The van der Waals surface area contributed by atoms with Gasteiger partial charge in [-0.05, 0) is 42.7 Å². The number of pyridine rings is 1. The van der Waals surface area contributed by atoms with E-state index in [-0.39, 0.29) is 11.9 Å². The van der Waals surface area contributed by atoms with Gasteiger partial charge >= 0.3 is 6.03 Å². The summed E-state index contributed by atoms with van der Waals surface area (Å²) < 4.78 is 0.405. The average Bonchev–Trinajstić information content (AvgIpc) is 3.37. The van der Waals surface area contributed by atoms with Crippen LogP contribution < -0.4 is 16.0 Å². The van der Waals surface area contributed by atoms with Gasteiger partial charge in [0.05, 0.1) is 5.56 Å². The molecule has 3 amide bonds. The maximum absolute atomic E-state index is 12.2. The van der Waals surface area contributed by atoms with Crippen LogP contribution in [0.25, 0.3) is 0 Å². The molecule has 0 saturated heterocycles. The molecule has 1 aliphatic carbocycles. The Morgan fingerprint density at radius 2 is 2.04 bits per heavy atom. The van der Waals surface area contributed by atoms with E-state index in [1.54, 1.807) is 18.3 Å². The van der Waals surface area contributed by atoms with E-state index in [1.807, 2.05) is 24.3 Å². The molecule has 0 unspecified atom stereocenters. The first-order valence-corrected chi connectivity index (χ1v) is 8.15. The van der Waals surface area contributed by atoms with E-state index in [9.17, 15) is 9.59 Å². The lowest BCUT2D eigenvalue weighted by Crippen LogP contribution is -2.30. The van der Waals surface area contributed by atoms with Crippen LogP contribution in [0.4, 0.5) is 10.5 Å². The van der Waals surface area contributed by atoms with Gasteiger partial charge in [-0.25, -0.2) is 4.79 Å². The highest BCUT2D eigenvalue weighted by atomic mass is 32.1. The summed E-state index contributed by atoms with van der Waals surface area (Å²) in [4.78, 5) is 26.7. The maximum Gasteiger partial charge on any atom is 0.319 e. The fraction of sp³-hybridized carbons (Fsp3) is 0.235. The average molecular weight is 342 g/mol. The second kappa shape index (κ2) is 7.27. The fourth-order valence-electron chi connectivity index (χ4n) is 2.22. The molecule has 3 rings (SSSR count). The van der Waals surface area contributed by atoms with Gasteiger partial charge in [-0.1, -0.05) is 24.4 Å². The van der Waals surface area contributed by atoms with Gasteiger partial charge in [-0.2, -0.15) is 0 Å². The molecule has 6 nitrogen and oxygen atoms in total. The maximum atomic E-state index is 12.2. The van der Waals surface area contributed by atoms with Crippen LogP contribution in [-0.4, -0.2) is 23.0 Å². The van der Waals surface area contributed by atoms with E-state index in [0.717, 1.165) is 18.4 Å². The quantitative estimate of drug-likeness (QED) is 0.630. The number of hydrogen-bond acceptors (Lipinski definition) is 3. The number of rotatable bonds is 5.